The summed E-state index contributed by atoms with van der Waals surface area (Å²) in [7, 11) is 0. The Morgan fingerprint density at radius 1 is 1.11 bits per heavy atom. The Hall–Kier alpha value is -0.860. The average Bonchev–Trinajstić information content (AvgIpc) is 2.38. The maximum atomic E-state index is 3.69. The van der Waals surface area contributed by atoms with Crippen LogP contribution >= 0.6 is 0 Å². The van der Waals surface area contributed by atoms with Crippen LogP contribution in [0.25, 0.3) is 0 Å². The summed E-state index contributed by atoms with van der Waals surface area (Å²) < 4.78 is 0. The monoisotopic (exact) mass is 262 g/mol. The molecule has 19 heavy (non-hydrogen) atoms. The standard InChI is InChI=1S/C17H30N2/c1-7-18-16(15-13-11-10-12-14(15)4)17(5,6)19(8-2)9-3/h10-13,16,18H,7-9H2,1-6H3. The van der Waals surface area contributed by atoms with Crippen molar-refractivity contribution in [1.82, 2.24) is 10.2 Å². The number of hydrogen-bond acceptors (Lipinski definition) is 2. The number of nitrogens with zero attached hydrogens (tertiary/aromatic N) is 1. The van der Waals surface area contributed by atoms with Gasteiger partial charge < -0.3 is 5.32 Å². The fourth-order valence-corrected chi connectivity index (χ4v) is 3.08. The third kappa shape index (κ3) is 3.58. The summed E-state index contributed by atoms with van der Waals surface area (Å²) in [6.07, 6.45) is 0. The summed E-state index contributed by atoms with van der Waals surface area (Å²) in [5.41, 5.74) is 2.89. The number of hydrogen-bond donors (Lipinski definition) is 1. The van der Waals surface area contributed by atoms with Gasteiger partial charge in [-0.25, -0.2) is 0 Å². The minimum absolute atomic E-state index is 0.103. The quantitative estimate of drug-likeness (QED) is 0.805. The third-order valence-electron chi connectivity index (χ3n) is 4.19. The van der Waals surface area contributed by atoms with Gasteiger partial charge in [0.2, 0.25) is 0 Å². The molecule has 0 bridgehead atoms. The minimum Gasteiger partial charge on any atom is -0.309 e. The predicted molar refractivity (Wildman–Crippen MR) is 84.6 cm³/mol. The summed E-state index contributed by atoms with van der Waals surface area (Å²) in [5, 5.41) is 3.69. The maximum Gasteiger partial charge on any atom is 0.0504 e. The molecule has 0 aromatic heterocycles. The summed E-state index contributed by atoms with van der Waals surface area (Å²) in [5.74, 6) is 0. The number of aryl methyl sites for hydroxylation is 1. The molecule has 2 heteroatoms. The van der Waals surface area contributed by atoms with E-state index in [0.717, 1.165) is 19.6 Å². The fraction of sp³-hybridized carbons (Fsp3) is 0.647. The summed E-state index contributed by atoms with van der Waals surface area (Å²) in [4.78, 5) is 2.53. The molecule has 0 aliphatic rings. The van der Waals surface area contributed by atoms with Gasteiger partial charge in [-0.1, -0.05) is 45.0 Å². The van der Waals surface area contributed by atoms with Crippen molar-refractivity contribution in [3.05, 3.63) is 35.4 Å². The van der Waals surface area contributed by atoms with E-state index in [1.54, 1.807) is 0 Å². The normalized spacial score (nSPS) is 13.8. The van der Waals surface area contributed by atoms with Crippen molar-refractivity contribution in [2.75, 3.05) is 19.6 Å². The Morgan fingerprint density at radius 3 is 2.16 bits per heavy atom. The molecule has 0 aliphatic heterocycles. The lowest BCUT2D eigenvalue weighted by Crippen LogP contribution is -2.52. The van der Waals surface area contributed by atoms with E-state index >= 15 is 0 Å². The SMILES string of the molecule is CCNC(c1ccccc1C)C(C)(C)N(CC)CC. The third-order valence-corrected chi connectivity index (χ3v) is 4.19. The molecule has 0 fully saturated rings. The van der Waals surface area contributed by atoms with Gasteiger partial charge in [-0.15, -0.1) is 0 Å². The largest absolute Gasteiger partial charge is 0.309 e. The lowest BCUT2D eigenvalue weighted by Gasteiger charge is -2.44. The highest BCUT2D eigenvalue weighted by atomic mass is 15.2. The topological polar surface area (TPSA) is 15.3 Å². The summed E-state index contributed by atoms with van der Waals surface area (Å²) >= 11 is 0. The van der Waals surface area contributed by atoms with Gasteiger partial charge >= 0.3 is 0 Å². The molecule has 0 saturated carbocycles. The van der Waals surface area contributed by atoms with Gasteiger partial charge in [0, 0.05) is 5.54 Å². The molecule has 1 unspecified atom stereocenters. The molecule has 0 spiro atoms. The van der Waals surface area contributed by atoms with E-state index in [2.05, 4.69) is 76.0 Å². The number of rotatable bonds is 7. The fourth-order valence-electron chi connectivity index (χ4n) is 3.08. The first-order valence-electron chi connectivity index (χ1n) is 7.52. The van der Waals surface area contributed by atoms with Crippen LogP contribution in [0, 0.1) is 6.92 Å². The molecule has 0 saturated heterocycles. The van der Waals surface area contributed by atoms with Crippen LogP contribution in [-0.4, -0.2) is 30.1 Å². The van der Waals surface area contributed by atoms with Gasteiger partial charge in [0.15, 0.2) is 0 Å². The van der Waals surface area contributed by atoms with Crippen LogP contribution in [-0.2, 0) is 0 Å². The van der Waals surface area contributed by atoms with Crippen LogP contribution in [0.15, 0.2) is 24.3 Å². The average molecular weight is 262 g/mol. The van der Waals surface area contributed by atoms with Gasteiger partial charge in [-0.05, 0) is 51.5 Å². The molecule has 1 aromatic rings. The number of likely N-dealkylation sites (N-methyl/N-ethyl adjacent to an activating group) is 2. The highest BCUT2D eigenvalue weighted by Gasteiger charge is 2.35. The molecule has 0 amide bonds. The molecule has 0 heterocycles. The summed E-state index contributed by atoms with van der Waals surface area (Å²) in [6, 6.07) is 9.09. The van der Waals surface area contributed by atoms with E-state index < -0.39 is 0 Å². The van der Waals surface area contributed by atoms with Crippen LogP contribution in [0.3, 0.4) is 0 Å². The van der Waals surface area contributed by atoms with Crippen molar-refractivity contribution in [3.63, 3.8) is 0 Å². The van der Waals surface area contributed by atoms with Crippen molar-refractivity contribution < 1.29 is 0 Å². The van der Waals surface area contributed by atoms with Crippen LogP contribution in [0.5, 0.6) is 0 Å². The van der Waals surface area contributed by atoms with E-state index in [9.17, 15) is 0 Å². The first-order valence-corrected chi connectivity index (χ1v) is 7.52. The van der Waals surface area contributed by atoms with E-state index in [-0.39, 0.29) is 5.54 Å². The van der Waals surface area contributed by atoms with E-state index in [4.69, 9.17) is 0 Å². The van der Waals surface area contributed by atoms with E-state index in [0.29, 0.717) is 6.04 Å². The van der Waals surface area contributed by atoms with Crippen molar-refractivity contribution in [3.8, 4) is 0 Å². The van der Waals surface area contributed by atoms with Crippen molar-refractivity contribution in [2.24, 2.45) is 0 Å². The zero-order chi connectivity index (χ0) is 14.5. The van der Waals surface area contributed by atoms with Crippen molar-refractivity contribution in [2.45, 2.75) is 53.1 Å². The molecule has 1 N–H and O–H groups in total. The van der Waals surface area contributed by atoms with Crippen LogP contribution in [0.1, 0.15) is 51.8 Å². The number of nitrogens with one attached hydrogen (secondary N) is 1. The lowest BCUT2D eigenvalue weighted by molar-refractivity contribution is 0.0916. The minimum atomic E-state index is 0.103. The van der Waals surface area contributed by atoms with Gasteiger partial charge in [0.25, 0.3) is 0 Å². The van der Waals surface area contributed by atoms with E-state index in [1.165, 1.54) is 11.1 Å². The zero-order valence-corrected chi connectivity index (χ0v) is 13.5. The second kappa shape index (κ2) is 7.06. The Kier molecular flexibility index (Phi) is 6.02. The maximum absolute atomic E-state index is 3.69. The van der Waals surface area contributed by atoms with Crippen LogP contribution in [0.2, 0.25) is 0 Å². The van der Waals surface area contributed by atoms with Gasteiger partial charge in [-0.3, -0.25) is 4.90 Å². The van der Waals surface area contributed by atoms with Crippen LogP contribution < -0.4 is 5.32 Å². The van der Waals surface area contributed by atoms with Crippen molar-refractivity contribution >= 4 is 0 Å². The van der Waals surface area contributed by atoms with E-state index in [1.807, 2.05) is 0 Å². The first kappa shape index (κ1) is 16.2. The molecule has 1 atom stereocenters. The Labute approximate surface area is 119 Å². The second-order valence-corrected chi connectivity index (χ2v) is 5.67. The van der Waals surface area contributed by atoms with Gasteiger partial charge in [0.1, 0.15) is 0 Å². The Balaban J connectivity index is 3.16. The molecule has 1 aromatic carbocycles. The predicted octanol–water partition coefficient (Wildman–Crippen LogP) is 3.77. The van der Waals surface area contributed by atoms with Crippen LogP contribution in [0.4, 0.5) is 0 Å². The highest BCUT2D eigenvalue weighted by Crippen LogP contribution is 2.32. The number of benzene rings is 1. The molecule has 108 valence electrons. The zero-order valence-electron chi connectivity index (χ0n) is 13.5. The van der Waals surface area contributed by atoms with Gasteiger partial charge in [0.05, 0.1) is 6.04 Å². The van der Waals surface area contributed by atoms with Crippen molar-refractivity contribution in [1.29, 1.82) is 0 Å². The molecular weight excluding hydrogens is 232 g/mol. The molecule has 0 radical (unpaired) electrons. The molecule has 0 aliphatic carbocycles. The molecule has 1 rings (SSSR count). The van der Waals surface area contributed by atoms with Gasteiger partial charge in [-0.2, -0.15) is 0 Å². The molecular formula is C17H30N2. The first-order chi connectivity index (χ1) is 8.98. The second-order valence-electron chi connectivity index (χ2n) is 5.67. The summed E-state index contributed by atoms with van der Waals surface area (Å²) in [6.45, 7) is 16.7. The lowest BCUT2D eigenvalue weighted by atomic mass is 9.84. The Bertz CT molecular complexity index is 381. The highest BCUT2D eigenvalue weighted by molar-refractivity contribution is 5.31. The smallest absolute Gasteiger partial charge is 0.0504 e. The Morgan fingerprint density at radius 2 is 1.68 bits per heavy atom. The molecule has 2 nitrogen and oxygen atoms in total.